The smallest absolute Gasteiger partial charge is 1.00 e. The number of halogens is 2. The van der Waals surface area contributed by atoms with Crippen molar-refractivity contribution in [1.29, 1.82) is 0 Å². The summed E-state index contributed by atoms with van der Waals surface area (Å²) in [5, 5.41) is 0. The van der Waals surface area contributed by atoms with Crippen LogP contribution in [-0.2, 0) is 0 Å². The minimum absolute atomic E-state index is 0. The Hall–Kier alpha value is 2.75. The van der Waals surface area contributed by atoms with Gasteiger partial charge in [-0.15, -0.1) is 0 Å². The fourth-order valence-corrected chi connectivity index (χ4v) is 0. The molecule has 4 heavy (non-hydrogen) atoms. The molecule has 0 aromatic heterocycles. The Bertz CT molecular complexity index is 8.00. The van der Waals surface area contributed by atoms with E-state index in [1.54, 1.807) is 0 Å². The van der Waals surface area contributed by atoms with Crippen LogP contribution >= 0.6 is 0 Å². The minimum atomic E-state index is 0. The van der Waals surface area contributed by atoms with Gasteiger partial charge in [-0.1, -0.05) is 0 Å². The van der Waals surface area contributed by atoms with Crippen molar-refractivity contribution in [3.63, 3.8) is 0 Å². The summed E-state index contributed by atoms with van der Waals surface area (Å²) in [7, 11) is 0. The van der Waals surface area contributed by atoms with Crippen LogP contribution in [0.1, 0.15) is 0 Å². The Balaban J connectivity index is 0. The van der Waals surface area contributed by atoms with Gasteiger partial charge in [0.15, 0.2) is 0 Å². The van der Waals surface area contributed by atoms with E-state index in [1.165, 1.54) is 0 Å². The maximum absolute atomic E-state index is 0. The fourth-order valence-electron chi connectivity index (χ4n) is 0. The van der Waals surface area contributed by atoms with E-state index < -0.39 is 0 Å². The van der Waals surface area contributed by atoms with Gasteiger partial charge in [-0.3, -0.25) is 0 Å². The maximum atomic E-state index is 0. The molecule has 0 aliphatic heterocycles. The van der Waals surface area contributed by atoms with Crippen molar-refractivity contribution in [2.75, 3.05) is 0 Å². The Kier molecular flexibility index (Phi) is 127. The topological polar surface area (TPSA) is 0 Å². The summed E-state index contributed by atoms with van der Waals surface area (Å²) < 4.78 is 0. The molecule has 0 unspecified atom stereocenters. The molecule has 0 saturated carbocycles. The fraction of sp³-hybridized carbons (Fsp3) is 0. The summed E-state index contributed by atoms with van der Waals surface area (Å²) in [5.41, 5.74) is 0. The number of rotatable bonds is 0. The van der Waals surface area contributed by atoms with E-state index in [9.17, 15) is 0 Å². The first-order chi connectivity index (χ1) is 0. The minimum Gasteiger partial charge on any atom is -1.00 e. The monoisotopic (exact) mass is 260 g/mol. The largest absolute Gasteiger partial charge is 2.00 e. The standard InChI is InChI=1S/Ba.BrH.FH.Mg/h;2*1H;/q+2;;;+2/p-2. The molecule has 0 saturated heterocycles. The van der Waals surface area contributed by atoms with Crippen molar-refractivity contribution in [3.05, 3.63) is 0 Å². The molecule has 0 aromatic rings. The van der Waals surface area contributed by atoms with Crippen LogP contribution in [0.4, 0.5) is 0 Å². The molecule has 0 aromatic carbocycles. The zero-order chi connectivity index (χ0) is 0. The van der Waals surface area contributed by atoms with Gasteiger partial charge in [-0.25, -0.2) is 0 Å². The Morgan fingerprint density at radius 3 is 1.00 bits per heavy atom. The molecule has 0 spiro atoms. The second-order valence-electron chi connectivity index (χ2n) is 0. The quantitative estimate of drug-likeness (QED) is 0.380. The van der Waals surface area contributed by atoms with Gasteiger partial charge in [0.1, 0.15) is 0 Å². The zero-order valence-electron chi connectivity index (χ0n) is 2.17. The van der Waals surface area contributed by atoms with Gasteiger partial charge in [0, 0.05) is 0 Å². The van der Waals surface area contributed by atoms with Crippen LogP contribution in [0.25, 0.3) is 0 Å². The van der Waals surface area contributed by atoms with Crippen LogP contribution < -0.4 is 21.7 Å². The Morgan fingerprint density at radius 1 is 1.00 bits per heavy atom. The van der Waals surface area contributed by atoms with Crippen LogP contribution in [0.5, 0.6) is 0 Å². The van der Waals surface area contributed by atoms with Gasteiger partial charge in [-0.2, -0.15) is 0 Å². The molecule has 0 nitrogen and oxygen atoms in total. The van der Waals surface area contributed by atoms with Crippen molar-refractivity contribution in [2.24, 2.45) is 0 Å². The average Bonchev–Trinajstić information content (AvgIpc) is 0. The van der Waals surface area contributed by atoms with Crippen molar-refractivity contribution in [3.8, 4) is 0 Å². The molecule has 0 bridgehead atoms. The molecule has 0 rings (SSSR count). The predicted octanol–water partition coefficient (Wildman–Crippen LogP) is -6.75. The molecule has 0 heterocycles. The molecule has 0 aliphatic carbocycles. The molecule has 0 aliphatic rings. The Morgan fingerprint density at radius 2 is 1.00 bits per heavy atom. The maximum Gasteiger partial charge on any atom is 2.00 e. The van der Waals surface area contributed by atoms with Crippen LogP contribution in [0.15, 0.2) is 0 Å². The van der Waals surface area contributed by atoms with E-state index in [4.69, 9.17) is 0 Å². The van der Waals surface area contributed by atoms with Gasteiger partial charge in [0.25, 0.3) is 0 Å². The summed E-state index contributed by atoms with van der Waals surface area (Å²) in [6.45, 7) is 0. The second-order valence-corrected chi connectivity index (χ2v) is 0. The van der Waals surface area contributed by atoms with Gasteiger partial charge in [0.2, 0.25) is 0 Å². The molecular formula is BaBrFMg+2. The van der Waals surface area contributed by atoms with Crippen LogP contribution in [0.2, 0.25) is 0 Å². The first kappa shape index (κ1) is 29.5. The van der Waals surface area contributed by atoms with Crippen LogP contribution in [0.3, 0.4) is 0 Å². The third-order valence-corrected chi connectivity index (χ3v) is 0. The molecular weight excluding hydrogens is 261 g/mol. The summed E-state index contributed by atoms with van der Waals surface area (Å²) in [4.78, 5) is 0. The number of hydrogen-bond acceptors (Lipinski definition) is 0. The zero-order valence-corrected chi connectivity index (χ0v) is 9.61. The third-order valence-electron chi connectivity index (χ3n) is 0. The number of hydrogen-bond donors (Lipinski definition) is 0. The Labute approximate surface area is 91.5 Å². The van der Waals surface area contributed by atoms with E-state index in [2.05, 4.69) is 0 Å². The van der Waals surface area contributed by atoms with Gasteiger partial charge < -0.3 is 21.7 Å². The van der Waals surface area contributed by atoms with Crippen molar-refractivity contribution in [2.45, 2.75) is 0 Å². The van der Waals surface area contributed by atoms with E-state index >= 15 is 0 Å². The second kappa shape index (κ2) is 17.2. The normalized spacial score (nSPS) is 0. The van der Waals surface area contributed by atoms with Crippen molar-refractivity contribution < 1.29 is 21.7 Å². The molecule has 0 atom stereocenters. The summed E-state index contributed by atoms with van der Waals surface area (Å²) in [6.07, 6.45) is 0. The molecule has 4 heteroatoms. The molecule has 0 amide bonds. The molecule has 0 fully saturated rings. The molecule has 0 N–H and O–H groups in total. The average molecular weight is 261 g/mol. The van der Waals surface area contributed by atoms with Crippen molar-refractivity contribution >= 4 is 71.9 Å². The summed E-state index contributed by atoms with van der Waals surface area (Å²) in [6, 6.07) is 0. The van der Waals surface area contributed by atoms with E-state index in [0.717, 1.165) is 0 Å². The van der Waals surface area contributed by atoms with E-state index in [1.807, 2.05) is 0 Å². The van der Waals surface area contributed by atoms with Crippen LogP contribution in [-0.4, -0.2) is 71.9 Å². The molecule has 0 radical (unpaired) electrons. The first-order valence-corrected chi connectivity index (χ1v) is 0. The third kappa shape index (κ3) is 8.83. The molecule has 16 valence electrons. The van der Waals surface area contributed by atoms with Crippen molar-refractivity contribution in [1.82, 2.24) is 0 Å². The SMILES string of the molecule is [Ba+2].[Br-].[F-].[Mg+2]. The van der Waals surface area contributed by atoms with Crippen LogP contribution in [0, 0.1) is 0 Å². The van der Waals surface area contributed by atoms with Gasteiger partial charge in [0.05, 0.1) is 0 Å². The van der Waals surface area contributed by atoms with E-state index in [0.29, 0.717) is 0 Å². The van der Waals surface area contributed by atoms with Gasteiger partial charge >= 0.3 is 71.9 Å². The predicted molar refractivity (Wildman–Crippen MR) is 11.5 cm³/mol. The summed E-state index contributed by atoms with van der Waals surface area (Å²) >= 11 is 0. The van der Waals surface area contributed by atoms with E-state index in [-0.39, 0.29) is 93.6 Å². The van der Waals surface area contributed by atoms with Gasteiger partial charge in [-0.05, 0) is 0 Å². The summed E-state index contributed by atoms with van der Waals surface area (Å²) in [5.74, 6) is 0. The first-order valence-electron chi connectivity index (χ1n) is 0.